The smallest absolute Gasteiger partial charge is 0.258 e. The average Bonchev–Trinajstić information content (AvgIpc) is 2.61. The minimum absolute atomic E-state index is 0.0866. The summed E-state index contributed by atoms with van der Waals surface area (Å²) in [7, 11) is 1.51. The quantitative estimate of drug-likeness (QED) is 0.859. The number of carbonyl (C=O) groups excluding carboxylic acids is 1. The minimum atomic E-state index is -0.237. The average molecular weight is 323 g/mol. The number of phenolic OH excluding ortho intramolecular Hbond substituents is 1. The first-order valence-corrected chi connectivity index (χ1v) is 7.86. The molecule has 2 aromatic rings. The van der Waals surface area contributed by atoms with Crippen LogP contribution in [0.15, 0.2) is 48.5 Å². The molecule has 1 N–H and O–H groups in total. The van der Waals surface area contributed by atoms with Crippen molar-refractivity contribution >= 4 is 5.91 Å². The highest BCUT2D eigenvalue weighted by atomic mass is 16.5. The van der Waals surface area contributed by atoms with Gasteiger partial charge in [0.2, 0.25) is 0 Å². The van der Waals surface area contributed by atoms with Crippen LogP contribution in [0, 0.1) is 11.8 Å². The highest BCUT2D eigenvalue weighted by molar-refractivity contribution is 5.97. The highest BCUT2D eigenvalue weighted by Crippen LogP contribution is 2.24. The highest BCUT2D eigenvalue weighted by Gasteiger charge is 2.18. The zero-order valence-electron chi connectivity index (χ0n) is 14.0. The van der Waals surface area contributed by atoms with Gasteiger partial charge in [-0.1, -0.05) is 37.0 Å². The summed E-state index contributed by atoms with van der Waals surface area (Å²) in [6.45, 7) is 2.89. The predicted octanol–water partition coefficient (Wildman–Crippen LogP) is 3.30. The molecular weight excluding hydrogens is 302 g/mol. The zero-order valence-corrected chi connectivity index (χ0v) is 14.0. The third kappa shape index (κ3) is 4.53. The van der Waals surface area contributed by atoms with Crippen molar-refractivity contribution in [2.75, 3.05) is 20.2 Å². The van der Waals surface area contributed by atoms with E-state index in [1.807, 2.05) is 37.3 Å². The molecule has 0 aliphatic carbocycles. The molecule has 2 rings (SSSR count). The second-order valence-corrected chi connectivity index (χ2v) is 5.28. The Labute approximate surface area is 142 Å². The fourth-order valence-corrected chi connectivity index (χ4v) is 2.27. The lowest BCUT2D eigenvalue weighted by molar-refractivity contribution is 0.0774. The van der Waals surface area contributed by atoms with Crippen molar-refractivity contribution in [1.29, 1.82) is 0 Å². The van der Waals surface area contributed by atoms with Crippen molar-refractivity contribution in [2.24, 2.45) is 0 Å². The van der Waals surface area contributed by atoms with Crippen molar-refractivity contribution in [3.8, 4) is 23.3 Å². The van der Waals surface area contributed by atoms with E-state index in [4.69, 9.17) is 4.74 Å². The number of hydrogen-bond acceptors (Lipinski definition) is 3. The number of nitrogens with zero attached hydrogens (tertiary/aromatic N) is 1. The van der Waals surface area contributed by atoms with Gasteiger partial charge in [0.15, 0.2) is 0 Å². The largest absolute Gasteiger partial charge is 0.507 e. The lowest BCUT2D eigenvalue weighted by atomic mass is 10.1. The zero-order chi connectivity index (χ0) is 17.4. The lowest BCUT2D eigenvalue weighted by Crippen LogP contribution is -2.32. The Bertz CT molecular complexity index is 744. The van der Waals surface area contributed by atoms with Crippen LogP contribution in [0.5, 0.6) is 11.5 Å². The number of hydrogen-bond donors (Lipinski definition) is 1. The van der Waals surface area contributed by atoms with E-state index in [9.17, 15) is 9.90 Å². The summed E-state index contributed by atoms with van der Waals surface area (Å²) in [5.74, 6) is 6.26. The molecule has 0 heterocycles. The molecule has 0 radical (unpaired) electrons. The normalized spacial score (nSPS) is 9.75. The molecule has 0 unspecified atom stereocenters. The molecule has 0 spiro atoms. The summed E-state index contributed by atoms with van der Waals surface area (Å²) in [6, 6.07) is 14.3. The van der Waals surface area contributed by atoms with E-state index in [0.29, 0.717) is 18.8 Å². The number of ether oxygens (including phenoxy) is 1. The molecule has 0 bridgehead atoms. The maximum absolute atomic E-state index is 12.7. The molecule has 24 heavy (non-hydrogen) atoms. The molecule has 0 aromatic heterocycles. The van der Waals surface area contributed by atoms with E-state index in [2.05, 4.69) is 11.8 Å². The molecule has 4 nitrogen and oxygen atoms in total. The molecule has 2 aromatic carbocycles. The molecular formula is C20H21NO3. The van der Waals surface area contributed by atoms with Gasteiger partial charge in [-0.05, 0) is 30.7 Å². The minimum Gasteiger partial charge on any atom is -0.507 e. The van der Waals surface area contributed by atoms with Gasteiger partial charge in [0.05, 0.1) is 19.2 Å². The number of rotatable bonds is 5. The van der Waals surface area contributed by atoms with Crippen LogP contribution in [0.3, 0.4) is 0 Å². The number of aromatic hydroxyl groups is 1. The Kier molecular flexibility index (Phi) is 6.27. The van der Waals surface area contributed by atoms with E-state index in [1.165, 1.54) is 13.2 Å². The van der Waals surface area contributed by atoms with E-state index in [0.717, 1.165) is 12.0 Å². The molecule has 0 aliphatic rings. The van der Waals surface area contributed by atoms with Crippen molar-refractivity contribution in [3.05, 3.63) is 59.7 Å². The first kappa shape index (κ1) is 17.4. The summed E-state index contributed by atoms with van der Waals surface area (Å²) in [6.07, 6.45) is 0.815. The number of benzene rings is 2. The summed E-state index contributed by atoms with van der Waals surface area (Å²) in [4.78, 5) is 14.3. The van der Waals surface area contributed by atoms with E-state index < -0.39 is 0 Å². The van der Waals surface area contributed by atoms with Gasteiger partial charge >= 0.3 is 0 Å². The van der Waals surface area contributed by atoms with Crippen LogP contribution >= 0.6 is 0 Å². The van der Waals surface area contributed by atoms with Gasteiger partial charge in [-0.25, -0.2) is 0 Å². The van der Waals surface area contributed by atoms with Crippen LogP contribution in [0.1, 0.15) is 29.3 Å². The molecule has 0 aliphatic heterocycles. The lowest BCUT2D eigenvalue weighted by Gasteiger charge is -2.20. The van der Waals surface area contributed by atoms with Gasteiger partial charge in [-0.3, -0.25) is 4.79 Å². The van der Waals surface area contributed by atoms with Gasteiger partial charge in [-0.15, -0.1) is 0 Å². The fraction of sp³-hybridized carbons (Fsp3) is 0.250. The Morgan fingerprint density at radius 3 is 2.58 bits per heavy atom. The fourth-order valence-electron chi connectivity index (χ4n) is 2.27. The van der Waals surface area contributed by atoms with Crippen LogP contribution in [0.4, 0.5) is 0 Å². The van der Waals surface area contributed by atoms with Crippen molar-refractivity contribution in [1.82, 2.24) is 4.90 Å². The summed E-state index contributed by atoms with van der Waals surface area (Å²) < 4.78 is 5.04. The second kappa shape index (κ2) is 8.64. The van der Waals surface area contributed by atoms with Crippen LogP contribution < -0.4 is 4.74 Å². The molecule has 0 saturated heterocycles. The summed E-state index contributed by atoms with van der Waals surface area (Å²) in [5.41, 5.74) is 1.17. The van der Waals surface area contributed by atoms with Crippen LogP contribution in [-0.2, 0) is 0 Å². The first-order chi connectivity index (χ1) is 11.7. The van der Waals surface area contributed by atoms with Crippen LogP contribution in [-0.4, -0.2) is 36.1 Å². The van der Waals surface area contributed by atoms with E-state index >= 15 is 0 Å². The van der Waals surface area contributed by atoms with Gasteiger partial charge in [0, 0.05) is 18.2 Å². The SMILES string of the molecule is CCCN(CC#Cc1ccccc1)C(=O)c1ccc(OC)cc1O. The molecule has 0 fully saturated rings. The summed E-state index contributed by atoms with van der Waals surface area (Å²) in [5, 5.41) is 10.0. The molecule has 0 atom stereocenters. The predicted molar refractivity (Wildman–Crippen MR) is 94.2 cm³/mol. The molecule has 1 amide bonds. The topological polar surface area (TPSA) is 49.8 Å². The Balaban J connectivity index is 2.15. The third-order valence-electron chi connectivity index (χ3n) is 3.49. The number of methoxy groups -OCH3 is 1. The molecule has 124 valence electrons. The Hall–Kier alpha value is -2.93. The first-order valence-electron chi connectivity index (χ1n) is 7.86. The molecule has 4 heteroatoms. The standard InChI is InChI=1S/C20H21NO3/c1-3-13-21(14-7-10-16-8-5-4-6-9-16)20(23)18-12-11-17(24-2)15-19(18)22/h4-6,8-9,11-12,15,22H,3,13-14H2,1-2H3. The van der Waals surface area contributed by atoms with Gasteiger partial charge in [-0.2, -0.15) is 0 Å². The van der Waals surface area contributed by atoms with Gasteiger partial charge in [0.25, 0.3) is 5.91 Å². The Morgan fingerprint density at radius 1 is 1.21 bits per heavy atom. The molecule has 0 saturated carbocycles. The number of carbonyl (C=O) groups is 1. The van der Waals surface area contributed by atoms with Crippen LogP contribution in [0.25, 0.3) is 0 Å². The maximum Gasteiger partial charge on any atom is 0.258 e. The summed E-state index contributed by atoms with van der Waals surface area (Å²) >= 11 is 0. The van der Waals surface area contributed by atoms with Crippen molar-refractivity contribution in [2.45, 2.75) is 13.3 Å². The van der Waals surface area contributed by atoms with Gasteiger partial charge < -0.3 is 14.7 Å². The van der Waals surface area contributed by atoms with E-state index in [-0.39, 0.29) is 17.2 Å². The van der Waals surface area contributed by atoms with Crippen molar-refractivity contribution < 1.29 is 14.6 Å². The Morgan fingerprint density at radius 2 is 1.96 bits per heavy atom. The second-order valence-electron chi connectivity index (χ2n) is 5.28. The monoisotopic (exact) mass is 323 g/mol. The van der Waals surface area contributed by atoms with E-state index in [1.54, 1.807) is 17.0 Å². The number of amides is 1. The van der Waals surface area contributed by atoms with Crippen LogP contribution in [0.2, 0.25) is 0 Å². The van der Waals surface area contributed by atoms with Crippen molar-refractivity contribution in [3.63, 3.8) is 0 Å². The third-order valence-corrected chi connectivity index (χ3v) is 3.49. The number of phenols is 1. The van der Waals surface area contributed by atoms with Gasteiger partial charge in [0.1, 0.15) is 11.5 Å². The maximum atomic E-state index is 12.7.